The number of aromatic nitrogens is 2. The minimum Gasteiger partial charge on any atom is -0.383 e. The normalized spacial score (nSPS) is 10.2. The summed E-state index contributed by atoms with van der Waals surface area (Å²) < 4.78 is 13.3. The van der Waals surface area contributed by atoms with Crippen LogP contribution in [0.25, 0.3) is 0 Å². The lowest BCUT2D eigenvalue weighted by Gasteiger charge is -2.05. The highest BCUT2D eigenvalue weighted by molar-refractivity contribution is 5.38. The average molecular weight is 233 g/mol. The third-order valence-corrected chi connectivity index (χ3v) is 2.35. The predicted octanol–water partition coefficient (Wildman–Crippen LogP) is 1.56. The maximum Gasteiger partial charge on any atom is 0.266 e. The molecule has 0 fully saturated rings. The van der Waals surface area contributed by atoms with Crippen LogP contribution in [0.2, 0.25) is 0 Å². The second kappa shape index (κ2) is 5.25. The first-order valence-electron chi connectivity index (χ1n) is 5.28. The predicted molar refractivity (Wildman–Crippen MR) is 63.5 cm³/mol. The summed E-state index contributed by atoms with van der Waals surface area (Å²) in [6.07, 6.45) is 2.07. The number of H-pyrrole nitrogens is 1. The second-order valence-electron chi connectivity index (χ2n) is 3.60. The summed E-state index contributed by atoms with van der Waals surface area (Å²) in [6.45, 7) is 0.548. The minimum atomic E-state index is -0.263. The Morgan fingerprint density at radius 3 is 2.94 bits per heavy atom. The molecule has 88 valence electrons. The molecule has 1 heterocycles. The molecule has 2 N–H and O–H groups in total. The Kier molecular flexibility index (Phi) is 3.49. The molecule has 0 saturated heterocycles. The number of rotatable bonds is 4. The van der Waals surface area contributed by atoms with E-state index in [1.54, 1.807) is 18.2 Å². The number of nitrogens with zero attached hydrogens (tertiary/aromatic N) is 1. The molecule has 17 heavy (non-hydrogen) atoms. The van der Waals surface area contributed by atoms with Gasteiger partial charge in [-0.1, -0.05) is 18.2 Å². The number of benzene rings is 1. The standard InChI is InChI=1S/C12H12FN3O/c13-11-4-2-1-3-9(11)5-6-14-10-7-12(17)16-15-8-10/h1-4,7-8H,5-6H2,(H2,14,16,17). The molecule has 0 aliphatic carbocycles. The molecule has 0 saturated carbocycles. The number of aromatic amines is 1. The lowest BCUT2D eigenvalue weighted by atomic mass is 10.1. The molecule has 4 nitrogen and oxygen atoms in total. The van der Waals surface area contributed by atoms with Crippen molar-refractivity contribution in [2.75, 3.05) is 11.9 Å². The van der Waals surface area contributed by atoms with Gasteiger partial charge < -0.3 is 5.32 Å². The molecule has 5 heteroatoms. The topological polar surface area (TPSA) is 57.8 Å². The van der Waals surface area contributed by atoms with E-state index in [1.165, 1.54) is 18.3 Å². The first-order chi connectivity index (χ1) is 8.25. The van der Waals surface area contributed by atoms with E-state index in [-0.39, 0.29) is 11.4 Å². The van der Waals surface area contributed by atoms with Crippen molar-refractivity contribution in [1.82, 2.24) is 10.2 Å². The fourth-order valence-corrected chi connectivity index (χ4v) is 1.52. The lowest BCUT2D eigenvalue weighted by Crippen LogP contribution is -2.11. The maximum atomic E-state index is 13.3. The van der Waals surface area contributed by atoms with Crippen LogP contribution in [0.3, 0.4) is 0 Å². The van der Waals surface area contributed by atoms with E-state index in [2.05, 4.69) is 15.5 Å². The summed E-state index contributed by atoms with van der Waals surface area (Å²) >= 11 is 0. The zero-order valence-corrected chi connectivity index (χ0v) is 9.11. The van der Waals surface area contributed by atoms with Gasteiger partial charge in [-0.15, -0.1) is 0 Å². The van der Waals surface area contributed by atoms with Crippen LogP contribution >= 0.6 is 0 Å². The Balaban J connectivity index is 1.92. The zero-order valence-electron chi connectivity index (χ0n) is 9.11. The van der Waals surface area contributed by atoms with Gasteiger partial charge in [0.25, 0.3) is 5.56 Å². The largest absolute Gasteiger partial charge is 0.383 e. The van der Waals surface area contributed by atoms with E-state index in [4.69, 9.17) is 0 Å². The summed E-state index contributed by atoms with van der Waals surface area (Å²) in [7, 11) is 0. The Bertz CT molecular complexity index is 553. The highest BCUT2D eigenvalue weighted by Crippen LogP contribution is 2.07. The molecule has 2 aromatic rings. The highest BCUT2D eigenvalue weighted by Gasteiger charge is 2.00. The molecule has 1 aromatic heterocycles. The van der Waals surface area contributed by atoms with Crippen molar-refractivity contribution in [1.29, 1.82) is 0 Å². The van der Waals surface area contributed by atoms with Gasteiger partial charge in [0, 0.05) is 12.6 Å². The number of nitrogens with one attached hydrogen (secondary N) is 2. The maximum absolute atomic E-state index is 13.3. The lowest BCUT2D eigenvalue weighted by molar-refractivity contribution is 0.610. The smallest absolute Gasteiger partial charge is 0.266 e. The molecule has 0 aliphatic heterocycles. The van der Waals surface area contributed by atoms with Crippen LogP contribution in [0.1, 0.15) is 5.56 Å². The zero-order chi connectivity index (χ0) is 12.1. The van der Waals surface area contributed by atoms with Crippen LogP contribution < -0.4 is 10.9 Å². The number of halogens is 1. The van der Waals surface area contributed by atoms with Gasteiger partial charge in [-0.3, -0.25) is 4.79 Å². The Hall–Kier alpha value is -2.17. The third-order valence-electron chi connectivity index (χ3n) is 2.35. The minimum absolute atomic E-state index is 0.210. The van der Waals surface area contributed by atoms with Crippen molar-refractivity contribution in [3.63, 3.8) is 0 Å². The van der Waals surface area contributed by atoms with Gasteiger partial charge in [0.1, 0.15) is 5.82 Å². The Morgan fingerprint density at radius 2 is 2.18 bits per heavy atom. The van der Waals surface area contributed by atoms with Gasteiger partial charge in [0.05, 0.1) is 11.9 Å². The molecule has 0 spiro atoms. The molecular formula is C12H12FN3O. The quantitative estimate of drug-likeness (QED) is 0.842. The van der Waals surface area contributed by atoms with Crippen molar-refractivity contribution in [2.24, 2.45) is 0 Å². The van der Waals surface area contributed by atoms with Crippen molar-refractivity contribution in [3.8, 4) is 0 Å². The molecule has 0 aliphatic rings. The van der Waals surface area contributed by atoms with Crippen LogP contribution in [-0.2, 0) is 6.42 Å². The third kappa shape index (κ3) is 3.14. The van der Waals surface area contributed by atoms with Gasteiger partial charge >= 0.3 is 0 Å². The van der Waals surface area contributed by atoms with Gasteiger partial charge in [0.2, 0.25) is 0 Å². The van der Waals surface area contributed by atoms with Crippen LogP contribution in [0, 0.1) is 5.82 Å². The van der Waals surface area contributed by atoms with E-state index in [9.17, 15) is 9.18 Å². The summed E-state index contributed by atoms with van der Waals surface area (Å²) in [4.78, 5) is 11.0. The van der Waals surface area contributed by atoms with Crippen LogP contribution in [0.15, 0.2) is 41.3 Å². The Labute approximate surface area is 97.5 Å². The summed E-state index contributed by atoms with van der Waals surface area (Å²) in [6, 6.07) is 8.05. The molecule has 2 rings (SSSR count). The van der Waals surface area contributed by atoms with Gasteiger partial charge in [0.15, 0.2) is 0 Å². The van der Waals surface area contributed by atoms with Crippen molar-refractivity contribution in [3.05, 3.63) is 58.3 Å². The van der Waals surface area contributed by atoms with E-state index in [0.29, 0.717) is 24.2 Å². The van der Waals surface area contributed by atoms with Crippen LogP contribution in [0.5, 0.6) is 0 Å². The summed E-state index contributed by atoms with van der Waals surface area (Å²) in [5.74, 6) is -0.210. The van der Waals surface area contributed by atoms with Gasteiger partial charge in [-0.05, 0) is 18.1 Å². The second-order valence-corrected chi connectivity index (χ2v) is 3.60. The van der Waals surface area contributed by atoms with Gasteiger partial charge in [-0.25, -0.2) is 9.49 Å². The SMILES string of the molecule is O=c1cc(NCCc2ccccc2F)cn[nH]1. The molecule has 0 atom stereocenters. The summed E-state index contributed by atoms with van der Waals surface area (Å²) in [5.41, 5.74) is 1.02. The van der Waals surface area contributed by atoms with E-state index < -0.39 is 0 Å². The molecular weight excluding hydrogens is 221 g/mol. The first kappa shape index (κ1) is 11.3. The van der Waals surface area contributed by atoms with Crippen molar-refractivity contribution < 1.29 is 4.39 Å². The Morgan fingerprint density at radius 1 is 1.35 bits per heavy atom. The molecule has 0 bridgehead atoms. The van der Waals surface area contributed by atoms with E-state index >= 15 is 0 Å². The average Bonchev–Trinajstić information content (AvgIpc) is 2.32. The van der Waals surface area contributed by atoms with Crippen molar-refractivity contribution >= 4 is 5.69 Å². The monoisotopic (exact) mass is 233 g/mol. The molecule has 0 amide bonds. The molecule has 0 unspecified atom stereocenters. The van der Waals surface area contributed by atoms with Crippen LogP contribution in [-0.4, -0.2) is 16.7 Å². The number of hydrogen-bond acceptors (Lipinski definition) is 3. The van der Waals surface area contributed by atoms with Crippen molar-refractivity contribution in [2.45, 2.75) is 6.42 Å². The van der Waals surface area contributed by atoms with Gasteiger partial charge in [-0.2, -0.15) is 5.10 Å². The fourth-order valence-electron chi connectivity index (χ4n) is 1.52. The molecule has 0 radical (unpaired) electrons. The number of anilines is 1. The van der Waals surface area contributed by atoms with E-state index in [0.717, 1.165) is 0 Å². The highest BCUT2D eigenvalue weighted by atomic mass is 19.1. The molecule has 1 aromatic carbocycles. The number of hydrogen-bond donors (Lipinski definition) is 2. The fraction of sp³-hybridized carbons (Fsp3) is 0.167. The van der Waals surface area contributed by atoms with Crippen LogP contribution in [0.4, 0.5) is 10.1 Å². The summed E-state index contributed by atoms with van der Waals surface area (Å²) in [5, 5.41) is 8.95. The van der Waals surface area contributed by atoms with E-state index in [1.807, 2.05) is 0 Å². The first-order valence-corrected chi connectivity index (χ1v) is 5.28.